The van der Waals surface area contributed by atoms with Gasteiger partial charge in [0, 0.05) is 48.2 Å². The Morgan fingerprint density at radius 1 is 1.37 bits per heavy atom. The minimum Gasteiger partial charge on any atom is -0.381 e. The van der Waals surface area contributed by atoms with Gasteiger partial charge in [0.15, 0.2) is 0 Å². The van der Waals surface area contributed by atoms with Crippen LogP contribution >= 0.6 is 11.6 Å². The summed E-state index contributed by atoms with van der Waals surface area (Å²) in [6.07, 6.45) is 5.37. The molecule has 1 aliphatic rings. The Hall–Kier alpha value is -2.62. The van der Waals surface area contributed by atoms with E-state index < -0.39 is 0 Å². The molecule has 0 aliphatic carbocycles. The third-order valence-corrected chi connectivity index (χ3v) is 5.86. The Balaban J connectivity index is 1.77. The van der Waals surface area contributed by atoms with Gasteiger partial charge in [-0.2, -0.15) is 10.4 Å². The summed E-state index contributed by atoms with van der Waals surface area (Å²) in [6.45, 7) is 6.24. The van der Waals surface area contributed by atoms with E-state index in [0.29, 0.717) is 37.7 Å². The van der Waals surface area contributed by atoms with Gasteiger partial charge in [0.1, 0.15) is 0 Å². The first-order valence-electron chi connectivity index (χ1n) is 10.2. The second-order valence-corrected chi connectivity index (χ2v) is 7.86. The molecule has 0 bridgehead atoms. The summed E-state index contributed by atoms with van der Waals surface area (Å²) in [5.74, 6) is -0.0743. The number of benzene rings is 1. The fourth-order valence-corrected chi connectivity index (χ4v) is 3.98. The Morgan fingerprint density at radius 2 is 2.10 bits per heavy atom. The number of carbonyl (C=O) groups excluding carboxylic acids is 1. The van der Waals surface area contributed by atoms with Crippen LogP contribution in [0.4, 0.5) is 0 Å². The second-order valence-electron chi connectivity index (χ2n) is 7.45. The average molecular weight is 427 g/mol. The molecule has 7 heteroatoms. The van der Waals surface area contributed by atoms with E-state index in [2.05, 4.69) is 11.2 Å². The average Bonchev–Trinajstić information content (AvgIpc) is 3.01. The van der Waals surface area contributed by atoms with Crippen molar-refractivity contribution in [3.8, 4) is 6.07 Å². The lowest BCUT2D eigenvalue weighted by Gasteiger charge is -2.33. The van der Waals surface area contributed by atoms with Crippen LogP contribution in [-0.2, 0) is 16.1 Å². The van der Waals surface area contributed by atoms with Crippen molar-refractivity contribution in [2.24, 2.45) is 0 Å². The molecule has 2 aromatic rings. The molecule has 1 saturated heterocycles. The SMILES string of the molecule is Cc1nn(Cc2ccccc2Cl)c(C)c1/C=C/C(=O)N(CCC#N)C1CCOCC1. The third kappa shape index (κ3) is 5.29. The van der Waals surface area contributed by atoms with Crippen molar-refractivity contribution in [3.05, 3.63) is 57.9 Å². The summed E-state index contributed by atoms with van der Waals surface area (Å²) in [5.41, 5.74) is 3.77. The maximum atomic E-state index is 12.9. The highest BCUT2D eigenvalue weighted by Gasteiger charge is 2.24. The number of rotatable bonds is 7. The predicted molar refractivity (Wildman–Crippen MR) is 117 cm³/mol. The number of nitriles is 1. The zero-order chi connectivity index (χ0) is 21.5. The number of carbonyl (C=O) groups is 1. The zero-order valence-electron chi connectivity index (χ0n) is 17.5. The molecule has 1 aromatic carbocycles. The number of hydrogen-bond acceptors (Lipinski definition) is 4. The molecule has 1 fully saturated rings. The molecular weight excluding hydrogens is 400 g/mol. The van der Waals surface area contributed by atoms with Gasteiger partial charge in [-0.15, -0.1) is 0 Å². The van der Waals surface area contributed by atoms with E-state index in [0.717, 1.165) is 35.4 Å². The number of halogens is 1. The molecule has 0 saturated carbocycles. The fraction of sp³-hybridized carbons (Fsp3) is 0.435. The lowest BCUT2D eigenvalue weighted by molar-refractivity contribution is -0.130. The number of aryl methyl sites for hydroxylation is 1. The van der Waals surface area contributed by atoms with Gasteiger partial charge in [-0.1, -0.05) is 29.8 Å². The Labute approximate surface area is 182 Å². The molecule has 0 unspecified atom stereocenters. The normalized spacial score (nSPS) is 14.7. The smallest absolute Gasteiger partial charge is 0.246 e. The highest BCUT2D eigenvalue weighted by Crippen LogP contribution is 2.21. The van der Waals surface area contributed by atoms with E-state index in [1.165, 1.54) is 0 Å². The number of nitrogens with zero attached hydrogens (tertiary/aromatic N) is 4. The van der Waals surface area contributed by atoms with E-state index in [-0.39, 0.29) is 11.9 Å². The van der Waals surface area contributed by atoms with Crippen LogP contribution < -0.4 is 0 Å². The summed E-state index contributed by atoms with van der Waals surface area (Å²) in [6, 6.07) is 9.98. The van der Waals surface area contributed by atoms with Gasteiger partial charge in [0.05, 0.1) is 24.7 Å². The third-order valence-electron chi connectivity index (χ3n) is 5.49. The van der Waals surface area contributed by atoms with Crippen LogP contribution in [0.3, 0.4) is 0 Å². The van der Waals surface area contributed by atoms with Crippen molar-refractivity contribution in [1.82, 2.24) is 14.7 Å². The molecule has 0 radical (unpaired) electrons. The maximum absolute atomic E-state index is 12.9. The quantitative estimate of drug-likeness (QED) is 0.624. The van der Waals surface area contributed by atoms with Crippen LogP contribution in [0.5, 0.6) is 0 Å². The molecule has 2 heterocycles. The van der Waals surface area contributed by atoms with E-state index in [1.807, 2.05) is 48.9 Å². The molecule has 0 spiro atoms. The molecule has 0 N–H and O–H groups in total. The van der Waals surface area contributed by atoms with E-state index >= 15 is 0 Å². The van der Waals surface area contributed by atoms with Gasteiger partial charge in [-0.25, -0.2) is 0 Å². The van der Waals surface area contributed by atoms with Crippen molar-refractivity contribution >= 4 is 23.6 Å². The van der Waals surface area contributed by atoms with Crippen molar-refractivity contribution in [3.63, 3.8) is 0 Å². The predicted octanol–water partition coefficient (Wildman–Crippen LogP) is 4.14. The molecule has 30 heavy (non-hydrogen) atoms. The van der Waals surface area contributed by atoms with Crippen LogP contribution in [-0.4, -0.2) is 46.4 Å². The van der Waals surface area contributed by atoms with Crippen LogP contribution in [0.25, 0.3) is 6.08 Å². The first-order valence-corrected chi connectivity index (χ1v) is 10.6. The monoisotopic (exact) mass is 426 g/mol. The van der Waals surface area contributed by atoms with Crippen LogP contribution in [0.15, 0.2) is 30.3 Å². The highest BCUT2D eigenvalue weighted by atomic mass is 35.5. The minimum absolute atomic E-state index is 0.0743. The largest absolute Gasteiger partial charge is 0.381 e. The summed E-state index contributed by atoms with van der Waals surface area (Å²) in [4.78, 5) is 14.7. The zero-order valence-corrected chi connectivity index (χ0v) is 18.2. The van der Waals surface area contributed by atoms with Crippen molar-refractivity contribution in [2.75, 3.05) is 19.8 Å². The molecule has 1 aromatic heterocycles. The van der Waals surface area contributed by atoms with Crippen LogP contribution in [0, 0.1) is 25.2 Å². The van der Waals surface area contributed by atoms with E-state index in [1.54, 1.807) is 11.0 Å². The molecular formula is C23H27ClN4O2. The van der Waals surface area contributed by atoms with Gasteiger partial charge in [-0.05, 0) is 44.4 Å². The second kappa shape index (κ2) is 10.4. The Morgan fingerprint density at radius 3 is 2.80 bits per heavy atom. The number of ether oxygens (including phenoxy) is 1. The lowest BCUT2D eigenvalue weighted by atomic mass is 10.1. The number of hydrogen-bond donors (Lipinski definition) is 0. The summed E-state index contributed by atoms with van der Waals surface area (Å²) < 4.78 is 7.32. The molecule has 1 amide bonds. The summed E-state index contributed by atoms with van der Waals surface area (Å²) in [5, 5.41) is 14.3. The van der Waals surface area contributed by atoms with Crippen LogP contribution in [0.1, 0.15) is 41.8 Å². The molecule has 3 rings (SSSR count). The molecule has 6 nitrogen and oxygen atoms in total. The number of amides is 1. The minimum atomic E-state index is -0.0743. The highest BCUT2D eigenvalue weighted by molar-refractivity contribution is 6.31. The standard InChI is InChI=1S/C23H27ClN4O2/c1-17-21(18(2)28(26-17)16-19-6-3-4-7-22(19)24)8-9-23(29)27(13-5-12-25)20-10-14-30-15-11-20/h3-4,6-9,20H,5,10-11,13-16H2,1-2H3/b9-8+. The molecule has 1 aliphatic heterocycles. The van der Waals surface area contributed by atoms with Gasteiger partial charge < -0.3 is 9.64 Å². The van der Waals surface area contributed by atoms with E-state index in [4.69, 9.17) is 21.6 Å². The van der Waals surface area contributed by atoms with Crippen molar-refractivity contribution < 1.29 is 9.53 Å². The number of aromatic nitrogens is 2. The van der Waals surface area contributed by atoms with Gasteiger partial charge in [0.2, 0.25) is 5.91 Å². The van der Waals surface area contributed by atoms with Gasteiger partial charge in [0.25, 0.3) is 0 Å². The Kier molecular flexibility index (Phi) is 7.67. The molecule has 0 atom stereocenters. The van der Waals surface area contributed by atoms with Crippen LogP contribution in [0.2, 0.25) is 5.02 Å². The van der Waals surface area contributed by atoms with Crippen molar-refractivity contribution in [2.45, 2.75) is 45.7 Å². The topological polar surface area (TPSA) is 71.2 Å². The van der Waals surface area contributed by atoms with Gasteiger partial charge >= 0.3 is 0 Å². The lowest BCUT2D eigenvalue weighted by Crippen LogP contribution is -2.43. The Bertz CT molecular complexity index is 955. The molecule has 158 valence electrons. The first-order chi connectivity index (χ1) is 14.5. The van der Waals surface area contributed by atoms with Gasteiger partial charge in [-0.3, -0.25) is 9.48 Å². The maximum Gasteiger partial charge on any atom is 0.246 e. The van der Waals surface area contributed by atoms with E-state index in [9.17, 15) is 4.79 Å². The fourth-order valence-electron chi connectivity index (χ4n) is 3.78. The summed E-state index contributed by atoms with van der Waals surface area (Å²) >= 11 is 6.29. The summed E-state index contributed by atoms with van der Waals surface area (Å²) in [7, 11) is 0. The van der Waals surface area contributed by atoms with Crippen molar-refractivity contribution in [1.29, 1.82) is 5.26 Å². The first kappa shape index (κ1) is 22.1.